The molecule has 4 rings (SSSR count). The van der Waals surface area contributed by atoms with Gasteiger partial charge in [-0.1, -0.05) is 12.1 Å². The number of methoxy groups -OCH3 is 3. The molecule has 8 heteroatoms. The van der Waals surface area contributed by atoms with E-state index in [9.17, 15) is 9.90 Å². The van der Waals surface area contributed by atoms with Crippen LogP contribution in [0, 0.1) is 0 Å². The first kappa shape index (κ1) is 24.0. The maximum Gasteiger partial charge on any atom is 0.255 e. The molecule has 35 heavy (non-hydrogen) atoms. The molecule has 0 fully saturated rings. The van der Waals surface area contributed by atoms with E-state index in [1.54, 1.807) is 30.3 Å². The highest BCUT2D eigenvalue weighted by molar-refractivity contribution is 6.06. The third kappa shape index (κ3) is 5.17. The largest absolute Gasteiger partial charge is 0.508 e. The first-order chi connectivity index (χ1) is 16.9. The lowest BCUT2D eigenvalue weighted by molar-refractivity contribution is 0.102. The van der Waals surface area contributed by atoms with Crippen LogP contribution < -0.4 is 24.8 Å². The van der Waals surface area contributed by atoms with Crippen LogP contribution >= 0.6 is 0 Å². The summed E-state index contributed by atoms with van der Waals surface area (Å²) in [6, 6.07) is 16.2. The van der Waals surface area contributed by atoms with Gasteiger partial charge in [-0.15, -0.1) is 0 Å². The molecule has 0 aliphatic heterocycles. The first-order valence-corrected chi connectivity index (χ1v) is 11.1. The number of phenolic OH excluding ortho intramolecular Hbond substituents is 1. The SMILES string of the molecule is COc1cc(NC(=O)c2ccc3c(c2)c(CNCc2cccc(O)c2)cn3C)cc(OC)c1OC. The van der Waals surface area contributed by atoms with E-state index in [-0.39, 0.29) is 11.7 Å². The predicted molar refractivity (Wildman–Crippen MR) is 136 cm³/mol. The normalized spacial score (nSPS) is 10.9. The molecule has 1 aromatic heterocycles. The number of carbonyl (C=O) groups excluding carboxylic acids is 1. The number of ether oxygens (including phenoxy) is 3. The van der Waals surface area contributed by atoms with Gasteiger partial charge in [-0.3, -0.25) is 4.79 Å². The van der Waals surface area contributed by atoms with Crippen molar-refractivity contribution in [3.05, 3.63) is 77.5 Å². The summed E-state index contributed by atoms with van der Waals surface area (Å²) < 4.78 is 18.2. The van der Waals surface area contributed by atoms with Gasteiger partial charge in [0.25, 0.3) is 5.91 Å². The highest BCUT2D eigenvalue weighted by atomic mass is 16.5. The third-order valence-corrected chi connectivity index (χ3v) is 5.81. The van der Waals surface area contributed by atoms with Crippen molar-refractivity contribution in [3.63, 3.8) is 0 Å². The Morgan fingerprint density at radius 2 is 1.69 bits per heavy atom. The Balaban J connectivity index is 1.54. The number of aryl methyl sites for hydroxylation is 1. The third-order valence-electron chi connectivity index (χ3n) is 5.81. The minimum atomic E-state index is -0.247. The van der Waals surface area contributed by atoms with Gasteiger partial charge >= 0.3 is 0 Å². The Morgan fingerprint density at radius 3 is 2.34 bits per heavy atom. The summed E-state index contributed by atoms with van der Waals surface area (Å²) in [6.07, 6.45) is 2.06. The molecule has 0 bridgehead atoms. The maximum atomic E-state index is 13.1. The average molecular weight is 476 g/mol. The monoisotopic (exact) mass is 475 g/mol. The minimum absolute atomic E-state index is 0.247. The van der Waals surface area contributed by atoms with Crippen molar-refractivity contribution in [3.8, 4) is 23.0 Å². The molecule has 0 unspecified atom stereocenters. The summed E-state index contributed by atoms with van der Waals surface area (Å²) in [6.45, 7) is 1.23. The summed E-state index contributed by atoms with van der Waals surface area (Å²) >= 11 is 0. The van der Waals surface area contributed by atoms with Gasteiger partial charge in [-0.2, -0.15) is 0 Å². The topological polar surface area (TPSA) is 94.0 Å². The van der Waals surface area contributed by atoms with Crippen molar-refractivity contribution in [2.45, 2.75) is 13.1 Å². The van der Waals surface area contributed by atoms with Crippen molar-refractivity contribution < 1.29 is 24.1 Å². The molecule has 0 saturated carbocycles. The number of benzene rings is 3. The average Bonchev–Trinajstić information content (AvgIpc) is 3.18. The Kier molecular flexibility index (Phi) is 7.12. The molecule has 0 aliphatic rings. The van der Waals surface area contributed by atoms with Crippen molar-refractivity contribution in [2.24, 2.45) is 7.05 Å². The molecule has 0 saturated heterocycles. The van der Waals surface area contributed by atoms with E-state index in [4.69, 9.17) is 14.2 Å². The number of hydrogen-bond acceptors (Lipinski definition) is 6. The van der Waals surface area contributed by atoms with E-state index in [0.717, 1.165) is 22.0 Å². The zero-order valence-electron chi connectivity index (χ0n) is 20.2. The van der Waals surface area contributed by atoms with Crippen LogP contribution in [0.15, 0.2) is 60.8 Å². The molecule has 1 heterocycles. The Hall–Kier alpha value is -4.17. The summed E-state index contributed by atoms with van der Waals surface area (Å²) in [5.41, 5.74) is 4.17. The quantitative estimate of drug-likeness (QED) is 0.331. The van der Waals surface area contributed by atoms with Crippen LogP contribution in [0.5, 0.6) is 23.0 Å². The smallest absolute Gasteiger partial charge is 0.255 e. The summed E-state index contributed by atoms with van der Waals surface area (Å²) in [5.74, 6) is 1.38. The molecule has 0 atom stereocenters. The molecule has 8 nitrogen and oxygen atoms in total. The first-order valence-electron chi connectivity index (χ1n) is 11.1. The summed E-state index contributed by atoms with van der Waals surface area (Å²) in [5, 5.41) is 17.0. The predicted octanol–water partition coefficient (Wildman–Crippen LogP) is 4.45. The molecular weight excluding hydrogens is 446 g/mol. The van der Waals surface area contributed by atoms with E-state index in [2.05, 4.69) is 16.8 Å². The summed E-state index contributed by atoms with van der Waals surface area (Å²) in [4.78, 5) is 13.1. The number of amides is 1. The fourth-order valence-electron chi connectivity index (χ4n) is 4.12. The molecule has 3 aromatic carbocycles. The van der Waals surface area contributed by atoms with Gasteiger partial charge in [0.2, 0.25) is 5.75 Å². The van der Waals surface area contributed by atoms with Gasteiger partial charge in [-0.25, -0.2) is 0 Å². The number of nitrogens with zero attached hydrogens (tertiary/aromatic N) is 1. The molecule has 1 amide bonds. The molecule has 182 valence electrons. The number of nitrogens with one attached hydrogen (secondary N) is 2. The number of carbonyl (C=O) groups is 1. The van der Waals surface area contributed by atoms with Crippen molar-refractivity contribution in [1.82, 2.24) is 9.88 Å². The molecule has 3 N–H and O–H groups in total. The zero-order valence-corrected chi connectivity index (χ0v) is 20.2. The highest BCUT2D eigenvalue weighted by Crippen LogP contribution is 2.40. The van der Waals surface area contributed by atoms with Gasteiger partial charge < -0.3 is 34.5 Å². The molecular formula is C27H29N3O5. The fourth-order valence-corrected chi connectivity index (χ4v) is 4.12. The second-order valence-corrected chi connectivity index (χ2v) is 8.14. The van der Waals surface area contributed by atoms with Crippen LogP contribution in [-0.4, -0.2) is 36.9 Å². The van der Waals surface area contributed by atoms with E-state index < -0.39 is 0 Å². The van der Waals surface area contributed by atoms with Crippen LogP contribution in [0.25, 0.3) is 10.9 Å². The van der Waals surface area contributed by atoms with Crippen LogP contribution in [0.4, 0.5) is 5.69 Å². The number of aromatic hydroxyl groups is 1. The number of hydrogen-bond donors (Lipinski definition) is 3. The lowest BCUT2D eigenvalue weighted by Gasteiger charge is -2.14. The minimum Gasteiger partial charge on any atom is -0.508 e. The van der Waals surface area contributed by atoms with Crippen LogP contribution in [0.1, 0.15) is 21.5 Å². The number of fused-ring (bicyclic) bond motifs is 1. The van der Waals surface area contributed by atoms with Gasteiger partial charge in [0.1, 0.15) is 5.75 Å². The van der Waals surface area contributed by atoms with E-state index in [1.165, 1.54) is 21.3 Å². The number of anilines is 1. The Labute approximate surface area is 204 Å². The fraction of sp³-hybridized carbons (Fsp3) is 0.222. The summed E-state index contributed by atoms with van der Waals surface area (Å²) in [7, 11) is 6.57. The Bertz CT molecular complexity index is 1340. The van der Waals surface area contributed by atoms with Crippen molar-refractivity contribution in [1.29, 1.82) is 0 Å². The van der Waals surface area contributed by atoms with Crippen LogP contribution in [-0.2, 0) is 20.1 Å². The standard InChI is InChI=1S/C27H29N3O5/c1-30-16-19(15-28-14-17-6-5-7-21(31)10-17)22-11-18(8-9-23(22)30)27(32)29-20-12-24(33-2)26(35-4)25(13-20)34-3/h5-13,16,28,31H,14-15H2,1-4H3,(H,29,32). The van der Waals surface area contributed by atoms with E-state index in [1.807, 2.05) is 35.9 Å². The lowest BCUT2D eigenvalue weighted by Crippen LogP contribution is -2.13. The highest BCUT2D eigenvalue weighted by Gasteiger charge is 2.16. The van der Waals surface area contributed by atoms with Crippen LogP contribution in [0.2, 0.25) is 0 Å². The zero-order chi connectivity index (χ0) is 24.9. The lowest BCUT2D eigenvalue weighted by atomic mass is 10.1. The molecule has 0 radical (unpaired) electrons. The van der Waals surface area contributed by atoms with Crippen LogP contribution in [0.3, 0.4) is 0 Å². The number of aromatic nitrogens is 1. The van der Waals surface area contributed by atoms with Gasteiger partial charge in [-0.05, 0) is 41.5 Å². The Morgan fingerprint density at radius 1 is 0.943 bits per heavy atom. The van der Waals surface area contributed by atoms with Crippen molar-refractivity contribution >= 4 is 22.5 Å². The molecule has 0 aliphatic carbocycles. The van der Waals surface area contributed by atoms with Gasteiger partial charge in [0.15, 0.2) is 11.5 Å². The second-order valence-electron chi connectivity index (χ2n) is 8.14. The number of phenols is 1. The number of rotatable bonds is 9. The van der Waals surface area contributed by atoms with Gasteiger partial charge in [0.05, 0.1) is 21.3 Å². The van der Waals surface area contributed by atoms with Crippen molar-refractivity contribution in [2.75, 3.05) is 26.6 Å². The van der Waals surface area contributed by atoms with Gasteiger partial charge in [0, 0.05) is 60.6 Å². The second kappa shape index (κ2) is 10.4. The maximum absolute atomic E-state index is 13.1. The molecule has 4 aromatic rings. The molecule has 0 spiro atoms. The van der Waals surface area contributed by atoms with E-state index >= 15 is 0 Å². The van der Waals surface area contributed by atoms with E-state index in [0.29, 0.717) is 41.6 Å².